The molecular weight excluding hydrogens is 352 g/mol. The lowest BCUT2D eigenvalue weighted by Gasteiger charge is -2.17. The topological polar surface area (TPSA) is 87.4 Å². The van der Waals surface area contributed by atoms with Crippen molar-refractivity contribution in [2.24, 2.45) is 0 Å². The van der Waals surface area contributed by atoms with Gasteiger partial charge in [0, 0.05) is 6.42 Å². The van der Waals surface area contributed by atoms with Crippen molar-refractivity contribution in [3.63, 3.8) is 0 Å². The van der Waals surface area contributed by atoms with E-state index in [4.69, 9.17) is 23.4 Å². The van der Waals surface area contributed by atoms with Gasteiger partial charge in [-0.05, 0) is 32.4 Å². The molecule has 0 saturated carbocycles. The van der Waals surface area contributed by atoms with Gasteiger partial charge in [-0.15, -0.1) is 0 Å². The summed E-state index contributed by atoms with van der Waals surface area (Å²) in [4.78, 5) is 12.1. The number of hydrogen-bond donors (Lipinski definition) is 1. The Balaban J connectivity index is 1.76. The normalized spacial score (nSPS) is 18.7. The maximum atomic E-state index is 12.1. The molecule has 1 aromatic heterocycles. The van der Waals surface area contributed by atoms with E-state index >= 15 is 0 Å². The fourth-order valence-electron chi connectivity index (χ4n) is 2.96. The molecule has 1 aliphatic rings. The van der Waals surface area contributed by atoms with Crippen LogP contribution in [0.3, 0.4) is 0 Å². The molecule has 1 aromatic carbocycles. The molecule has 148 valence electrons. The summed E-state index contributed by atoms with van der Waals surface area (Å²) in [6.45, 7) is 6.98. The Hall–Kier alpha value is -2.25. The summed E-state index contributed by atoms with van der Waals surface area (Å²) >= 11 is 0. The van der Waals surface area contributed by atoms with Crippen molar-refractivity contribution in [2.75, 3.05) is 19.8 Å². The minimum atomic E-state index is -0.702. The van der Waals surface area contributed by atoms with Crippen molar-refractivity contribution in [1.82, 2.24) is 0 Å². The van der Waals surface area contributed by atoms with Crippen molar-refractivity contribution in [2.45, 2.75) is 51.9 Å². The molecule has 0 amide bonds. The van der Waals surface area contributed by atoms with Crippen LogP contribution in [0.2, 0.25) is 0 Å². The summed E-state index contributed by atoms with van der Waals surface area (Å²) < 4.78 is 27.8. The van der Waals surface area contributed by atoms with Crippen molar-refractivity contribution in [1.29, 1.82) is 0 Å². The van der Waals surface area contributed by atoms with Crippen molar-refractivity contribution in [3.8, 4) is 17.2 Å². The Kier molecular flexibility index (Phi) is 5.92. The Morgan fingerprint density at radius 2 is 2.07 bits per heavy atom. The third-order valence-corrected chi connectivity index (χ3v) is 4.34. The van der Waals surface area contributed by atoms with Crippen LogP contribution in [-0.4, -0.2) is 36.8 Å². The fourth-order valence-corrected chi connectivity index (χ4v) is 2.96. The minimum Gasteiger partial charge on any atom is -0.503 e. The fraction of sp³-hybridized carbons (Fsp3) is 0.550. The molecule has 3 rings (SSSR count). The van der Waals surface area contributed by atoms with Gasteiger partial charge in [-0.3, -0.25) is 0 Å². The zero-order valence-electron chi connectivity index (χ0n) is 15.9. The number of fused-ring (bicyclic) bond motifs is 1. The molecule has 0 aliphatic carbocycles. The molecule has 7 heteroatoms. The van der Waals surface area contributed by atoms with Gasteiger partial charge in [0.15, 0.2) is 11.5 Å². The lowest BCUT2D eigenvalue weighted by Crippen LogP contribution is -2.22. The monoisotopic (exact) mass is 378 g/mol. The number of benzene rings is 1. The number of aromatic hydroxyl groups is 1. The smallest absolute Gasteiger partial charge is 0.383 e. The third-order valence-electron chi connectivity index (χ3n) is 4.34. The van der Waals surface area contributed by atoms with E-state index < -0.39 is 11.4 Å². The molecular formula is C20H26O7. The largest absolute Gasteiger partial charge is 0.503 e. The molecule has 1 unspecified atom stereocenters. The summed E-state index contributed by atoms with van der Waals surface area (Å²) in [5.74, 6) is -0.584. The average Bonchev–Trinajstić information content (AvgIpc) is 2.96. The predicted octanol–water partition coefficient (Wildman–Crippen LogP) is 3.60. The van der Waals surface area contributed by atoms with Crippen LogP contribution in [0.15, 0.2) is 27.4 Å². The molecule has 1 fully saturated rings. The minimum absolute atomic E-state index is 0.0468. The summed E-state index contributed by atoms with van der Waals surface area (Å²) in [7, 11) is 0. The summed E-state index contributed by atoms with van der Waals surface area (Å²) in [5.41, 5.74) is -0.452. The van der Waals surface area contributed by atoms with E-state index in [1.807, 2.05) is 20.8 Å². The molecule has 2 heterocycles. The highest BCUT2D eigenvalue weighted by Crippen LogP contribution is 2.38. The Bertz CT molecular complexity index is 840. The molecule has 0 bridgehead atoms. The van der Waals surface area contributed by atoms with Gasteiger partial charge in [-0.25, -0.2) is 4.79 Å². The number of hydrogen-bond acceptors (Lipinski definition) is 7. The van der Waals surface area contributed by atoms with Crippen LogP contribution >= 0.6 is 0 Å². The summed E-state index contributed by atoms with van der Waals surface area (Å²) in [6.07, 6.45) is 2.28. The molecule has 1 aliphatic heterocycles. The average molecular weight is 378 g/mol. The van der Waals surface area contributed by atoms with E-state index in [1.54, 1.807) is 18.2 Å². The molecule has 1 N–H and O–H groups in total. The highest BCUT2D eigenvalue weighted by Gasteiger charge is 2.32. The van der Waals surface area contributed by atoms with Gasteiger partial charge < -0.3 is 28.5 Å². The van der Waals surface area contributed by atoms with Crippen LogP contribution < -0.4 is 15.1 Å². The van der Waals surface area contributed by atoms with Gasteiger partial charge in [0.25, 0.3) is 0 Å². The molecule has 1 saturated heterocycles. The maximum Gasteiger partial charge on any atom is 0.383 e. The highest BCUT2D eigenvalue weighted by molar-refractivity contribution is 5.91. The van der Waals surface area contributed by atoms with E-state index in [0.29, 0.717) is 37.4 Å². The summed E-state index contributed by atoms with van der Waals surface area (Å²) in [6, 6.07) is 5.03. The standard InChI is InChI=1S/C20H26O7/c1-4-5-10-24-18-17(21)16-14(7-6-8-15(16)26-19(18)22)23-11-9-13-12-25-20(2,3)27-13/h6-8,13,21H,4-5,9-12H2,1-3H3. The third kappa shape index (κ3) is 4.54. The van der Waals surface area contributed by atoms with Crippen LogP contribution in [0.1, 0.15) is 40.0 Å². The van der Waals surface area contributed by atoms with Gasteiger partial charge in [-0.2, -0.15) is 0 Å². The Morgan fingerprint density at radius 1 is 1.26 bits per heavy atom. The molecule has 7 nitrogen and oxygen atoms in total. The molecule has 27 heavy (non-hydrogen) atoms. The number of ether oxygens (including phenoxy) is 4. The summed E-state index contributed by atoms with van der Waals surface area (Å²) in [5, 5.41) is 10.9. The van der Waals surface area contributed by atoms with E-state index in [-0.39, 0.29) is 23.2 Å². The first-order valence-electron chi connectivity index (χ1n) is 9.27. The van der Waals surface area contributed by atoms with Crippen molar-refractivity contribution >= 4 is 11.0 Å². The van der Waals surface area contributed by atoms with Gasteiger partial charge in [0.05, 0.1) is 25.9 Å². The second kappa shape index (κ2) is 8.19. The van der Waals surface area contributed by atoms with E-state index in [9.17, 15) is 9.90 Å². The van der Waals surface area contributed by atoms with Crippen LogP contribution in [0.4, 0.5) is 0 Å². The van der Waals surface area contributed by atoms with Crippen LogP contribution in [0.5, 0.6) is 17.2 Å². The second-order valence-corrected chi connectivity index (χ2v) is 6.99. The number of rotatable bonds is 8. The van der Waals surface area contributed by atoms with Gasteiger partial charge in [0.1, 0.15) is 16.7 Å². The zero-order chi connectivity index (χ0) is 19.4. The maximum absolute atomic E-state index is 12.1. The van der Waals surface area contributed by atoms with Gasteiger partial charge >= 0.3 is 5.63 Å². The SMILES string of the molecule is CCCCOc1c(O)c2c(OCCC3COC(C)(C)O3)cccc2oc1=O. The number of unbranched alkanes of at least 4 members (excludes halogenated alkanes) is 1. The first kappa shape index (κ1) is 19.5. The van der Waals surface area contributed by atoms with Crippen LogP contribution in [0.25, 0.3) is 11.0 Å². The van der Waals surface area contributed by atoms with Crippen LogP contribution in [0, 0.1) is 0 Å². The molecule has 0 radical (unpaired) electrons. The first-order chi connectivity index (χ1) is 12.9. The van der Waals surface area contributed by atoms with E-state index in [1.165, 1.54) is 0 Å². The van der Waals surface area contributed by atoms with Crippen molar-refractivity contribution < 1.29 is 28.5 Å². The van der Waals surface area contributed by atoms with Crippen molar-refractivity contribution in [3.05, 3.63) is 28.6 Å². The Morgan fingerprint density at radius 3 is 2.78 bits per heavy atom. The quantitative estimate of drug-likeness (QED) is 0.555. The lowest BCUT2D eigenvalue weighted by molar-refractivity contribution is -0.139. The van der Waals surface area contributed by atoms with E-state index in [0.717, 1.165) is 12.8 Å². The van der Waals surface area contributed by atoms with E-state index in [2.05, 4.69) is 0 Å². The Labute approximate surface area is 157 Å². The molecule has 1 atom stereocenters. The first-order valence-corrected chi connectivity index (χ1v) is 9.27. The predicted molar refractivity (Wildman–Crippen MR) is 99.6 cm³/mol. The van der Waals surface area contributed by atoms with Crippen LogP contribution in [-0.2, 0) is 9.47 Å². The van der Waals surface area contributed by atoms with Gasteiger partial charge in [0.2, 0.25) is 5.75 Å². The molecule has 0 spiro atoms. The molecule has 2 aromatic rings. The zero-order valence-corrected chi connectivity index (χ0v) is 15.9. The highest BCUT2D eigenvalue weighted by atomic mass is 16.7. The van der Waals surface area contributed by atoms with Gasteiger partial charge in [-0.1, -0.05) is 19.4 Å². The lowest BCUT2D eigenvalue weighted by atomic mass is 10.2. The second-order valence-electron chi connectivity index (χ2n) is 6.99.